The highest BCUT2D eigenvalue weighted by Crippen LogP contribution is 2.38. The molecule has 0 heterocycles. The van der Waals surface area contributed by atoms with Gasteiger partial charge in [0, 0.05) is 6.08 Å². The standard InChI is InChI=1S/C21H22O7/c1-25-15-7-8-17(23)16(12-15)18(24)11-14(22)6-5-13-9-19(26-2)21(28-4)20(10-13)27-3/h5-12,23-24H,1-4H3/b6-5+,18-11-. The van der Waals surface area contributed by atoms with E-state index in [4.69, 9.17) is 18.9 Å². The summed E-state index contributed by atoms with van der Waals surface area (Å²) in [5.74, 6) is 0.760. The van der Waals surface area contributed by atoms with Crippen LogP contribution in [0.3, 0.4) is 0 Å². The molecule has 7 heteroatoms. The zero-order valence-electron chi connectivity index (χ0n) is 16.1. The average molecular weight is 386 g/mol. The highest BCUT2D eigenvalue weighted by molar-refractivity contribution is 6.05. The monoisotopic (exact) mass is 386 g/mol. The number of allylic oxidation sites excluding steroid dienone is 2. The van der Waals surface area contributed by atoms with Crippen LogP contribution in [0.5, 0.6) is 28.7 Å². The van der Waals surface area contributed by atoms with Gasteiger partial charge in [-0.15, -0.1) is 0 Å². The molecule has 148 valence electrons. The molecule has 0 aliphatic rings. The van der Waals surface area contributed by atoms with Crippen molar-refractivity contribution in [1.82, 2.24) is 0 Å². The maximum atomic E-state index is 12.2. The molecule has 2 aromatic rings. The van der Waals surface area contributed by atoms with E-state index in [2.05, 4.69) is 0 Å². The maximum Gasteiger partial charge on any atom is 0.203 e. The van der Waals surface area contributed by atoms with Crippen molar-refractivity contribution in [2.45, 2.75) is 0 Å². The second kappa shape index (κ2) is 9.36. The van der Waals surface area contributed by atoms with Gasteiger partial charge in [-0.1, -0.05) is 6.08 Å². The molecule has 0 aromatic heterocycles. The number of carbonyl (C=O) groups is 1. The Labute approximate surface area is 163 Å². The third-order valence-electron chi connectivity index (χ3n) is 3.89. The van der Waals surface area contributed by atoms with Crippen molar-refractivity contribution in [3.8, 4) is 28.7 Å². The number of aliphatic hydroxyl groups excluding tert-OH is 1. The lowest BCUT2D eigenvalue weighted by Gasteiger charge is -2.12. The fraction of sp³-hybridized carbons (Fsp3) is 0.190. The molecule has 0 bridgehead atoms. The number of carbonyl (C=O) groups excluding carboxylic acids is 1. The Morgan fingerprint density at radius 1 is 0.929 bits per heavy atom. The second-order valence-corrected chi connectivity index (χ2v) is 5.61. The fourth-order valence-electron chi connectivity index (χ4n) is 2.48. The molecular formula is C21H22O7. The van der Waals surface area contributed by atoms with Gasteiger partial charge in [-0.05, 0) is 42.0 Å². The summed E-state index contributed by atoms with van der Waals surface area (Å²) in [7, 11) is 5.96. The molecule has 0 radical (unpaired) electrons. The molecule has 0 atom stereocenters. The number of aromatic hydroxyl groups is 1. The van der Waals surface area contributed by atoms with E-state index in [9.17, 15) is 15.0 Å². The summed E-state index contributed by atoms with van der Waals surface area (Å²) in [6, 6.07) is 7.70. The smallest absolute Gasteiger partial charge is 0.203 e. The second-order valence-electron chi connectivity index (χ2n) is 5.61. The van der Waals surface area contributed by atoms with Crippen molar-refractivity contribution >= 4 is 17.6 Å². The minimum Gasteiger partial charge on any atom is -0.507 e. The van der Waals surface area contributed by atoms with Gasteiger partial charge in [0.1, 0.15) is 17.3 Å². The topological polar surface area (TPSA) is 94.5 Å². The van der Waals surface area contributed by atoms with Crippen LogP contribution >= 0.6 is 0 Å². The normalized spacial score (nSPS) is 11.4. The highest BCUT2D eigenvalue weighted by Gasteiger charge is 2.12. The Morgan fingerprint density at radius 2 is 1.57 bits per heavy atom. The molecule has 7 nitrogen and oxygen atoms in total. The number of ether oxygens (including phenoxy) is 4. The Kier molecular flexibility index (Phi) is 6.92. The lowest BCUT2D eigenvalue weighted by Crippen LogP contribution is -1.96. The van der Waals surface area contributed by atoms with Crippen LogP contribution in [-0.4, -0.2) is 44.4 Å². The predicted octanol–water partition coefficient (Wildman–Crippen LogP) is 3.61. The maximum absolute atomic E-state index is 12.2. The van der Waals surface area contributed by atoms with Gasteiger partial charge in [-0.2, -0.15) is 0 Å². The quantitative estimate of drug-likeness (QED) is 0.529. The molecule has 0 saturated carbocycles. The first-order valence-corrected chi connectivity index (χ1v) is 8.23. The zero-order valence-corrected chi connectivity index (χ0v) is 16.1. The lowest BCUT2D eigenvalue weighted by molar-refractivity contribution is -0.110. The Hall–Kier alpha value is -3.61. The van der Waals surface area contributed by atoms with E-state index in [1.54, 1.807) is 18.2 Å². The number of ketones is 1. The van der Waals surface area contributed by atoms with Gasteiger partial charge in [0.15, 0.2) is 17.3 Å². The molecule has 0 aliphatic carbocycles. The molecule has 0 unspecified atom stereocenters. The van der Waals surface area contributed by atoms with Crippen LogP contribution < -0.4 is 18.9 Å². The summed E-state index contributed by atoms with van der Waals surface area (Å²) in [6.45, 7) is 0. The minimum absolute atomic E-state index is 0.0916. The Bertz CT molecular complexity index is 888. The van der Waals surface area contributed by atoms with Crippen LogP contribution in [0.2, 0.25) is 0 Å². The third kappa shape index (κ3) is 4.76. The van der Waals surface area contributed by atoms with E-state index < -0.39 is 5.78 Å². The van der Waals surface area contributed by atoms with E-state index in [1.807, 2.05) is 0 Å². The molecule has 2 aromatic carbocycles. The number of methoxy groups -OCH3 is 4. The van der Waals surface area contributed by atoms with Gasteiger partial charge in [0.25, 0.3) is 0 Å². The number of rotatable bonds is 8. The molecule has 0 fully saturated rings. The van der Waals surface area contributed by atoms with Crippen molar-refractivity contribution in [2.24, 2.45) is 0 Å². The van der Waals surface area contributed by atoms with Crippen LogP contribution in [-0.2, 0) is 4.79 Å². The van der Waals surface area contributed by atoms with Crippen LogP contribution in [0, 0.1) is 0 Å². The van der Waals surface area contributed by atoms with Crippen molar-refractivity contribution < 1.29 is 34.0 Å². The van der Waals surface area contributed by atoms with Crippen molar-refractivity contribution in [3.63, 3.8) is 0 Å². The van der Waals surface area contributed by atoms with Crippen LogP contribution in [0.15, 0.2) is 42.5 Å². The largest absolute Gasteiger partial charge is 0.507 e. The number of aliphatic hydroxyl groups is 1. The Morgan fingerprint density at radius 3 is 2.11 bits per heavy atom. The number of benzene rings is 2. The van der Waals surface area contributed by atoms with Gasteiger partial charge < -0.3 is 29.2 Å². The van der Waals surface area contributed by atoms with Gasteiger partial charge in [0.05, 0.1) is 34.0 Å². The van der Waals surface area contributed by atoms with Crippen LogP contribution in [0.1, 0.15) is 11.1 Å². The molecular weight excluding hydrogens is 364 g/mol. The van der Waals surface area contributed by atoms with Crippen molar-refractivity contribution in [3.05, 3.63) is 53.6 Å². The minimum atomic E-state index is -0.478. The molecule has 0 aliphatic heterocycles. The van der Waals surface area contributed by atoms with E-state index in [1.165, 1.54) is 52.7 Å². The average Bonchev–Trinajstić information content (AvgIpc) is 2.71. The van der Waals surface area contributed by atoms with Gasteiger partial charge in [0.2, 0.25) is 5.75 Å². The highest BCUT2D eigenvalue weighted by atomic mass is 16.5. The fourth-order valence-corrected chi connectivity index (χ4v) is 2.48. The Balaban J connectivity index is 2.27. The molecule has 2 N–H and O–H groups in total. The van der Waals surface area contributed by atoms with Gasteiger partial charge >= 0.3 is 0 Å². The SMILES string of the molecule is COc1ccc(O)c(/C(O)=C/C(=O)/C=C/c2cc(OC)c(OC)c(OC)c2)c1. The van der Waals surface area contributed by atoms with Crippen LogP contribution in [0.4, 0.5) is 0 Å². The van der Waals surface area contributed by atoms with E-state index in [0.29, 0.717) is 28.6 Å². The molecule has 2 rings (SSSR count). The molecule has 0 spiro atoms. The van der Waals surface area contributed by atoms with Gasteiger partial charge in [-0.25, -0.2) is 0 Å². The number of hydrogen-bond acceptors (Lipinski definition) is 7. The summed E-state index contributed by atoms with van der Waals surface area (Å²) in [6.07, 6.45) is 3.82. The lowest BCUT2D eigenvalue weighted by atomic mass is 10.1. The van der Waals surface area contributed by atoms with Crippen LogP contribution in [0.25, 0.3) is 11.8 Å². The third-order valence-corrected chi connectivity index (χ3v) is 3.89. The number of phenolic OH excluding ortho intramolecular Hbond substituents is 1. The predicted molar refractivity (Wildman–Crippen MR) is 105 cm³/mol. The summed E-state index contributed by atoms with van der Waals surface area (Å²) in [4.78, 5) is 12.2. The first kappa shape index (κ1) is 20.7. The summed E-state index contributed by atoms with van der Waals surface area (Å²) in [5, 5.41) is 20.0. The summed E-state index contributed by atoms with van der Waals surface area (Å²) < 4.78 is 20.8. The van der Waals surface area contributed by atoms with Gasteiger partial charge in [-0.3, -0.25) is 4.79 Å². The van der Waals surface area contributed by atoms with E-state index in [0.717, 1.165) is 6.08 Å². The van der Waals surface area contributed by atoms with E-state index in [-0.39, 0.29) is 17.1 Å². The zero-order chi connectivity index (χ0) is 20.7. The molecule has 28 heavy (non-hydrogen) atoms. The van der Waals surface area contributed by atoms with Crippen molar-refractivity contribution in [1.29, 1.82) is 0 Å². The van der Waals surface area contributed by atoms with Crippen molar-refractivity contribution in [2.75, 3.05) is 28.4 Å². The first-order chi connectivity index (χ1) is 13.4. The number of hydrogen-bond donors (Lipinski definition) is 2. The molecule has 0 saturated heterocycles. The number of phenols is 1. The first-order valence-electron chi connectivity index (χ1n) is 8.23. The summed E-state index contributed by atoms with van der Waals surface area (Å²) in [5.41, 5.74) is 0.730. The van der Waals surface area contributed by atoms with E-state index >= 15 is 0 Å². The molecule has 0 amide bonds. The summed E-state index contributed by atoms with van der Waals surface area (Å²) >= 11 is 0.